The Balaban J connectivity index is 0.00000133. The van der Waals surface area contributed by atoms with Gasteiger partial charge in [-0.2, -0.15) is 0 Å². The number of halogens is 2. The third kappa shape index (κ3) is 2.48. The summed E-state index contributed by atoms with van der Waals surface area (Å²) in [6.07, 6.45) is 4.33. The van der Waals surface area contributed by atoms with Crippen molar-refractivity contribution in [3.05, 3.63) is 39.9 Å². The Bertz CT molecular complexity index is 656. The van der Waals surface area contributed by atoms with Crippen LogP contribution in [0.5, 0.6) is 0 Å². The second kappa shape index (κ2) is 5.49. The Labute approximate surface area is 122 Å². The van der Waals surface area contributed by atoms with Gasteiger partial charge < -0.3 is 5.73 Å². The minimum Gasteiger partial charge on any atom is -0.328 e. The molecule has 1 aliphatic rings. The highest BCUT2D eigenvalue weighted by molar-refractivity contribution is 6.35. The molecule has 2 aromatic rings. The molecule has 6 heteroatoms. The monoisotopic (exact) mass is 299 g/mol. The van der Waals surface area contributed by atoms with Crippen LogP contribution in [-0.2, 0) is 0 Å². The molecule has 19 heavy (non-hydrogen) atoms. The maximum absolute atomic E-state index is 12.4. The Hall–Kier alpha value is -1.10. The maximum atomic E-state index is 12.4. The summed E-state index contributed by atoms with van der Waals surface area (Å²) in [4.78, 5) is 16.8. The minimum atomic E-state index is -0.0651. The Morgan fingerprint density at radius 1 is 1.37 bits per heavy atom. The summed E-state index contributed by atoms with van der Waals surface area (Å²) < 4.78 is 1.68. The topological polar surface area (TPSA) is 60.9 Å². The third-order valence-electron chi connectivity index (χ3n) is 3.60. The van der Waals surface area contributed by atoms with Crippen LogP contribution < -0.4 is 11.3 Å². The average Bonchev–Trinajstić information content (AvgIpc) is 2.76. The van der Waals surface area contributed by atoms with Gasteiger partial charge in [-0.15, -0.1) is 12.4 Å². The van der Waals surface area contributed by atoms with Gasteiger partial charge in [-0.05, 0) is 31.4 Å². The summed E-state index contributed by atoms with van der Waals surface area (Å²) in [6, 6.07) is 5.65. The van der Waals surface area contributed by atoms with Crippen LogP contribution in [0.4, 0.5) is 0 Å². The molecule has 0 saturated heterocycles. The summed E-state index contributed by atoms with van der Waals surface area (Å²) in [5, 5.41) is 0.962. The van der Waals surface area contributed by atoms with Crippen molar-refractivity contribution < 1.29 is 0 Å². The quantitative estimate of drug-likeness (QED) is 0.880. The number of hydrogen-bond donors (Lipinski definition) is 1. The number of aromatic nitrogens is 2. The summed E-state index contributed by atoms with van der Waals surface area (Å²) in [5.74, 6) is 0. The first-order chi connectivity index (χ1) is 8.66. The second-order valence-corrected chi connectivity index (χ2v) is 5.23. The zero-order valence-electron chi connectivity index (χ0n) is 10.3. The van der Waals surface area contributed by atoms with Gasteiger partial charge in [0.2, 0.25) is 0 Å². The van der Waals surface area contributed by atoms with E-state index in [1.165, 1.54) is 0 Å². The van der Waals surface area contributed by atoms with Gasteiger partial charge in [0.1, 0.15) is 0 Å². The van der Waals surface area contributed by atoms with E-state index in [2.05, 4.69) is 4.98 Å². The Kier molecular flexibility index (Phi) is 4.13. The van der Waals surface area contributed by atoms with E-state index in [9.17, 15) is 4.79 Å². The van der Waals surface area contributed by atoms with E-state index in [0.29, 0.717) is 15.9 Å². The molecule has 1 aromatic heterocycles. The molecule has 1 heterocycles. The van der Waals surface area contributed by atoms with Gasteiger partial charge in [-0.25, -0.2) is 4.98 Å². The van der Waals surface area contributed by atoms with E-state index in [-0.39, 0.29) is 30.0 Å². The molecule has 0 spiro atoms. The van der Waals surface area contributed by atoms with Gasteiger partial charge >= 0.3 is 0 Å². The zero-order valence-corrected chi connectivity index (χ0v) is 11.8. The zero-order chi connectivity index (χ0) is 12.7. The van der Waals surface area contributed by atoms with Crippen molar-refractivity contribution in [2.75, 3.05) is 0 Å². The van der Waals surface area contributed by atoms with Crippen molar-refractivity contribution in [2.24, 2.45) is 5.73 Å². The molecule has 0 bridgehead atoms. The summed E-state index contributed by atoms with van der Waals surface area (Å²) in [7, 11) is 0. The molecule has 0 aliphatic heterocycles. The average molecular weight is 300 g/mol. The predicted molar refractivity (Wildman–Crippen MR) is 79.1 cm³/mol. The molecule has 2 atom stereocenters. The SMILES string of the molecule is Cl.N[C@@H]1CC[C@@H](n2cnc3cccc(Cl)c3c2=O)C1. The molecule has 3 rings (SSSR count). The first-order valence-corrected chi connectivity index (χ1v) is 6.45. The summed E-state index contributed by atoms with van der Waals surface area (Å²) >= 11 is 6.09. The molecular weight excluding hydrogens is 285 g/mol. The standard InChI is InChI=1S/C13H14ClN3O.ClH/c14-10-2-1-3-11-12(10)13(18)17(7-16-11)9-5-4-8(15)6-9;/h1-3,7-9H,4-6,15H2;1H/t8-,9-;/m1./s1. The van der Waals surface area contributed by atoms with Gasteiger partial charge in [-0.3, -0.25) is 9.36 Å². The van der Waals surface area contributed by atoms with Gasteiger partial charge in [0.15, 0.2) is 0 Å². The Morgan fingerprint density at radius 3 is 2.84 bits per heavy atom. The molecule has 4 nitrogen and oxygen atoms in total. The Morgan fingerprint density at radius 2 is 2.16 bits per heavy atom. The van der Waals surface area contributed by atoms with Crippen LogP contribution >= 0.6 is 24.0 Å². The van der Waals surface area contributed by atoms with Crippen LogP contribution in [0, 0.1) is 0 Å². The van der Waals surface area contributed by atoms with Crippen molar-refractivity contribution in [1.29, 1.82) is 0 Å². The van der Waals surface area contributed by atoms with Crippen molar-refractivity contribution in [1.82, 2.24) is 9.55 Å². The van der Waals surface area contributed by atoms with Gasteiger partial charge in [0.25, 0.3) is 5.56 Å². The van der Waals surface area contributed by atoms with Crippen LogP contribution in [0.2, 0.25) is 5.02 Å². The number of rotatable bonds is 1. The molecule has 0 unspecified atom stereocenters. The number of fused-ring (bicyclic) bond motifs is 1. The van der Waals surface area contributed by atoms with Crippen molar-refractivity contribution >= 4 is 34.9 Å². The van der Waals surface area contributed by atoms with Gasteiger partial charge in [0, 0.05) is 12.1 Å². The number of benzene rings is 1. The minimum absolute atomic E-state index is 0. The first kappa shape index (κ1) is 14.3. The molecule has 2 N–H and O–H groups in total. The molecule has 102 valence electrons. The largest absolute Gasteiger partial charge is 0.328 e. The second-order valence-electron chi connectivity index (χ2n) is 4.82. The number of nitrogens with zero attached hydrogens (tertiary/aromatic N) is 2. The van der Waals surface area contributed by atoms with Crippen LogP contribution in [0.3, 0.4) is 0 Å². The smallest absolute Gasteiger partial charge is 0.262 e. The molecule has 1 saturated carbocycles. The number of hydrogen-bond acceptors (Lipinski definition) is 3. The molecule has 1 aliphatic carbocycles. The highest BCUT2D eigenvalue weighted by Gasteiger charge is 2.24. The molecule has 1 fully saturated rings. The molecule has 0 amide bonds. The molecular formula is C13H15Cl2N3O. The highest BCUT2D eigenvalue weighted by atomic mass is 35.5. The third-order valence-corrected chi connectivity index (χ3v) is 3.92. The van der Waals surface area contributed by atoms with Crippen LogP contribution in [0.25, 0.3) is 10.9 Å². The van der Waals surface area contributed by atoms with Crippen molar-refractivity contribution in [3.8, 4) is 0 Å². The number of nitrogens with two attached hydrogens (primary N) is 1. The van der Waals surface area contributed by atoms with Gasteiger partial charge in [0.05, 0.1) is 22.3 Å². The van der Waals surface area contributed by atoms with Crippen LogP contribution in [-0.4, -0.2) is 15.6 Å². The highest BCUT2D eigenvalue weighted by Crippen LogP contribution is 2.28. The van der Waals surface area contributed by atoms with E-state index in [4.69, 9.17) is 17.3 Å². The fourth-order valence-corrected chi connectivity index (χ4v) is 2.89. The lowest BCUT2D eigenvalue weighted by atomic mass is 10.2. The summed E-state index contributed by atoms with van der Waals surface area (Å²) in [6.45, 7) is 0. The van der Waals surface area contributed by atoms with Crippen molar-refractivity contribution in [3.63, 3.8) is 0 Å². The van der Waals surface area contributed by atoms with Gasteiger partial charge in [-0.1, -0.05) is 17.7 Å². The van der Waals surface area contributed by atoms with E-state index in [0.717, 1.165) is 19.3 Å². The fraction of sp³-hybridized carbons (Fsp3) is 0.385. The first-order valence-electron chi connectivity index (χ1n) is 6.08. The molecule has 0 radical (unpaired) electrons. The fourth-order valence-electron chi connectivity index (χ4n) is 2.64. The van der Waals surface area contributed by atoms with E-state index in [1.807, 2.05) is 0 Å². The van der Waals surface area contributed by atoms with Crippen LogP contribution in [0.1, 0.15) is 25.3 Å². The van der Waals surface area contributed by atoms with E-state index in [1.54, 1.807) is 29.1 Å². The van der Waals surface area contributed by atoms with Crippen LogP contribution in [0.15, 0.2) is 29.3 Å². The molecule has 1 aromatic carbocycles. The van der Waals surface area contributed by atoms with E-state index >= 15 is 0 Å². The maximum Gasteiger partial charge on any atom is 0.262 e. The lowest BCUT2D eigenvalue weighted by Gasteiger charge is -2.14. The lowest BCUT2D eigenvalue weighted by Crippen LogP contribution is -2.25. The summed E-state index contributed by atoms with van der Waals surface area (Å²) in [5.41, 5.74) is 6.47. The van der Waals surface area contributed by atoms with E-state index < -0.39 is 0 Å². The lowest BCUT2D eigenvalue weighted by molar-refractivity contribution is 0.491. The predicted octanol–water partition coefficient (Wildman–Crippen LogP) is 2.52. The van der Waals surface area contributed by atoms with Crippen molar-refractivity contribution in [2.45, 2.75) is 31.3 Å². The normalized spacial score (nSPS) is 22.4.